The maximum Gasteiger partial charge on any atom is 0.387 e. The zero-order valence-electron chi connectivity index (χ0n) is 19.9. The van der Waals surface area contributed by atoms with Gasteiger partial charge in [0.15, 0.2) is 0 Å². The molecule has 10 heteroatoms. The van der Waals surface area contributed by atoms with E-state index in [9.17, 15) is 23.1 Å². The Bertz CT molecular complexity index is 970. The summed E-state index contributed by atoms with van der Waals surface area (Å²) >= 11 is 1.21. The van der Waals surface area contributed by atoms with Gasteiger partial charge in [0.2, 0.25) is 0 Å². The molecule has 2 aromatic rings. The average Bonchev–Trinajstić information content (AvgIpc) is 3.54. The molecule has 3 rings (SSSR count). The standard InChI is InChI=1S/C14H18F2N2O2.C10H14FNOS/c1-7(2)10-5-9(20-13(15)16)6-11(8-3-4-8)12(10)18-14(17)19;1-10(2,13)7-4-5-9(14-12-3)8(11)6-7/h5-8,13H,3-4H2,1-2H3,(H3,17,18,19);4-6,12-13H,1-3H3. The van der Waals surface area contributed by atoms with E-state index in [-0.39, 0.29) is 23.4 Å². The average molecular weight is 500 g/mol. The van der Waals surface area contributed by atoms with Crippen molar-refractivity contribution in [2.24, 2.45) is 5.73 Å². The fraction of sp³-hybridized carbons (Fsp3) is 0.458. The van der Waals surface area contributed by atoms with Crippen molar-refractivity contribution in [3.63, 3.8) is 0 Å². The number of primary amides is 1. The Hall–Kier alpha value is -2.43. The summed E-state index contributed by atoms with van der Waals surface area (Å²) in [5.74, 6) is 0.135. The number of urea groups is 1. The minimum atomic E-state index is -2.86. The van der Waals surface area contributed by atoms with E-state index in [2.05, 4.69) is 14.8 Å². The van der Waals surface area contributed by atoms with Crippen LogP contribution in [0, 0.1) is 5.82 Å². The van der Waals surface area contributed by atoms with Crippen LogP contribution in [0.25, 0.3) is 0 Å². The Kier molecular flexibility index (Phi) is 9.66. The lowest BCUT2D eigenvalue weighted by Crippen LogP contribution is -2.21. The van der Waals surface area contributed by atoms with Crippen LogP contribution in [0.15, 0.2) is 35.2 Å². The van der Waals surface area contributed by atoms with Crippen LogP contribution in [0.5, 0.6) is 5.75 Å². The van der Waals surface area contributed by atoms with Crippen LogP contribution in [0.3, 0.4) is 0 Å². The minimum absolute atomic E-state index is 0.0515. The SMILES string of the molecule is CC(C)c1cc(OC(F)F)cc(C2CC2)c1NC(N)=O.CNSc1ccc(C(C)(C)O)cc1F. The second-order valence-electron chi connectivity index (χ2n) is 8.78. The van der Waals surface area contributed by atoms with Crippen molar-refractivity contribution in [2.45, 2.75) is 69.5 Å². The molecular formula is C24H32F3N3O3S. The Morgan fingerprint density at radius 3 is 2.32 bits per heavy atom. The molecule has 1 saturated carbocycles. The summed E-state index contributed by atoms with van der Waals surface area (Å²) in [6, 6.07) is 7.19. The lowest BCUT2D eigenvalue weighted by atomic mass is 9.95. The van der Waals surface area contributed by atoms with Crippen LogP contribution in [0.1, 0.15) is 69.1 Å². The van der Waals surface area contributed by atoms with Gasteiger partial charge in [-0.1, -0.05) is 19.9 Å². The number of hydrogen-bond acceptors (Lipinski definition) is 5. The van der Waals surface area contributed by atoms with Gasteiger partial charge < -0.3 is 20.9 Å². The van der Waals surface area contributed by atoms with E-state index in [0.717, 1.165) is 24.0 Å². The minimum Gasteiger partial charge on any atom is -0.435 e. The summed E-state index contributed by atoms with van der Waals surface area (Å²) in [6.45, 7) is 4.24. The van der Waals surface area contributed by atoms with Crippen LogP contribution < -0.4 is 20.5 Å². The van der Waals surface area contributed by atoms with Crippen molar-refractivity contribution in [3.05, 3.63) is 52.8 Å². The molecule has 1 aliphatic rings. The summed E-state index contributed by atoms with van der Waals surface area (Å²) in [5.41, 5.74) is 7.00. The van der Waals surface area contributed by atoms with Crippen LogP contribution in [0.4, 0.5) is 23.7 Å². The molecule has 188 valence electrons. The molecule has 1 aliphatic carbocycles. The first-order valence-electron chi connectivity index (χ1n) is 10.9. The molecule has 0 bridgehead atoms. The third-order valence-electron chi connectivity index (χ3n) is 5.14. The highest BCUT2D eigenvalue weighted by Gasteiger charge is 2.29. The van der Waals surface area contributed by atoms with Crippen molar-refractivity contribution >= 4 is 23.7 Å². The van der Waals surface area contributed by atoms with Gasteiger partial charge in [-0.15, -0.1) is 0 Å². The normalized spacial score (nSPS) is 13.5. The van der Waals surface area contributed by atoms with Crippen LogP contribution in [0.2, 0.25) is 0 Å². The maximum absolute atomic E-state index is 13.4. The van der Waals surface area contributed by atoms with E-state index in [1.165, 1.54) is 24.1 Å². The molecule has 6 nitrogen and oxygen atoms in total. The number of benzene rings is 2. The van der Waals surface area contributed by atoms with Gasteiger partial charge in [-0.05, 0) is 98.5 Å². The van der Waals surface area contributed by atoms with E-state index < -0.39 is 18.2 Å². The van der Waals surface area contributed by atoms with Gasteiger partial charge in [-0.25, -0.2) is 9.18 Å². The second-order valence-corrected chi connectivity index (χ2v) is 9.84. The molecule has 0 radical (unpaired) electrons. The topological polar surface area (TPSA) is 96.6 Å². The Balaban J connectivity index is 0.000000257. The van der Waals surface area contributed by atoms with Crippen LogP contribution >= 0.6 is 11.9 Å². The number of aliphatic hydroxyl groups is 1. The molecule has 5 N–H and O–H groups in total. The van der Waals surface area contributed by atoms with E-state index in [1.54, 1.807) is 39.1 Å². The number of carbonyl (C=O) groups excluding carboxylic acids is 1. The van der Waals surface area contributed by atoms with Crippen molar-refractivity contribution in [2.75, 3.05) is 12.4 Å². The van der Waals surface area contributed by atoms with Gasteiger partial charge in [0, 0.05) is 5.69 Å². The summed E-state index contributed by atoms with van der Waals surface area (Å²) in [6.07, 6.45) is 1.95. The quantitative estimate of drug-likeness (QED) is 0.331. The second kappa shape index (κ2) is 11.8. The molecule has 34 heavy (non-hydrogen) atoms. The fourth-order valence-corrected chi connectivity index (χ4v) is 3.86. The lowest BCUT2D eigenvalue weighted by Gasteiger charge is -2.19. The Labute approximate surface area is 202 Å². The van der Waals surface area contributed by atoms with E-state index in [4.69, 9.17) is 5.73 Å². The lowest BCUT2D eigenvalue weighted by molar-refractivity contribution is -0.0499. The fourth-order valence-electron chi connectivity index (χ4n) is 3.34. The summed E-state index contributed by atoms with van der Waals surface area (Å²) in [7, 11) is 1.73. The first-order valence-corrected chi connectivity index (χ1v) is 11.7. The third-order valence-corrected chi connectivity index (χ3v) is 5.89. The van der Waals surface area contributed by atoms with Gasteiger partial charge >= 0.3 is 12.6 Å². The van der Waals surface area contributed by atoms with Gasteiger partial charge in [0.25, 0.3) is 0 Å². The number of carbonyl (C=O) groups is 1. The number of nitrogens with two attached hydrogens (primary N) is 1. The van der Waals surface area contributed by atoms with Gasteiger partial charge in [0.05, 0.1) is 10.5 Å². The van der Waals surface area contributed by atoms with Gasteiger partial charge in [0.1, 0.15) is 11.6 Å². The molecule has 0 atom stereocenters. The Morgan fingerprint density at radius 1 is 1.24 bits per heavy atom. The highest BCUT2D eigenvalue weighted by Crippen LogP contribution is 2.47. The molecule has 1 fully saturated rings. The number of alkyl halides is 2. The number of hydrogen-bond donors (Lipinski definition) is 4. The molecular weight excluding hydrogens is 467 g/mol. The summed E-state index contributed by atoms with van der Waals surface area (Å²) in [5, 5.41) is 12.3. The molecule has 0 unspecified atom stereocenters. The number of amides is 2. The summed E-state index contributed by atoms with van der Waals surface area (Å²) < 4.78 is 45.5. The zero-order chi connectivity index (χ0) is 25.6. The van der Waals surface area contributed by atoms with Crippen LogP contribution in [-0.2, 0) is 5.60 Å². The predicted octanol–water partition coefficient (Wildman–Crippen LogP) is 6.06. The highest BCUT2D eigenvalue weighted by atomic mass is 32.2. The van der Waals surface area contributed by atoms with Crippen molar-refractivity contribution in [1.82, 2.24) is 4.72 Å². The summed E-state index contributed by atoms with van der Waals surface area (Å²) in [4.78, 5) is 11.7. The van der Waals surface area contributed by atoms with E-state index >= 15 is 0 Å². The number of ether oxygens (including phenoxy) is 1. The number of nitrogens with one attached hydrogen (secondary N) is 2. The molecule has 0 heterocycles. The zero-order valence-corrected chi connectivity index (χ0v) is 20.7. The number of halogens is 3. The van der Waals surface area contributed by atoms with Crippen molar-refractivity contribution in [1.29, 1.82) is 0 Å². The molecule has 2 amide bonds. The first kappa shape index (κ1) is 27.8. The third kappa shape index (κ3) is 8.11. The van der Waals surface area contributed by atoms with Crippen molar-refractivity contribution in [3.8, 4) is 5.75 Å². The van der Waals surface area contributed by atoms with Crippen LogP contribution in [-0.4, -0.2) is 24.8 Å². The molecule has 0 saturated heterocycles. The molecule has 2 aromatic carbocycles. The number of anilines is 1. The molecule has 0 aliphatic heterocycles. The first-order chi connectivity index (χ1) is 15.8. The van der Waals surface area contributed by atoms with Crippen molar-refractivity contribution < 1.29 is 27.8 Å². The largest absolute Gasteiger partial charge is 0.435 e. The smallest absolute Gasteiger partial charge is 0.387 e. The van der Waals surface area contributed by atoms with Gasteiger partial charge in [-0.3, -0.25) is 4.72 Å². The molecule has 0 spiro atoms. The highest BCUT2D eigenvalue weighted by molar-refractivity contribution is 7.97. The number of rotatable bonds is 8. The predicted molar refractivity (Wildman–Crippen MR) is 129 cm³/mol. The van der Waals surface area contributed by atoms with E-state index in [1.807, 2.05) is 13.8 Å². The van der Waals surface area contributed by atoms with Gasteiger partial charge in [-0.2, -0.15) is 8.78 Å². The molecule has 0 aromatic heterocycles. The monoisotopic (exact) mass is 499 g/mol. The Morgan fingerprint density at radius 2 is 1.88 bits per heavy atom. The van der Waals surface area contributed by atoms with E-state index in [0.29, 0.717) is 16.1 Å². The maximum atomic E-state index is 13.4.